The van der Waals surface area contributed by atoms with Crippen LogP contribution in [0.25, 0.3) is 21.5 Å². The molecule has 1 heterocycles. The number of rotatable bonds is 5. The van der Waals surface area contributed by atoms with Crippen molar-refractivity contribution in [3.63, 3.8) is 0 Å². The lowest BCUT2D eigenvalue weighted by atomic mass is 9.78. The maximum atomic E-state index is 9.84. The molecule has 6 rings (SSSR count). The van der Waals surface area contributed by atoms with Gasteiger partial charge in [0.1, 0.15) is 28.7 Å². The van der Waals surface area contributed by atoms with Crippen LogP contribution in [-0.4, -0.2) is 48.6 Å². The van der Waals surface area contributed by atoms with Gasteiger partial charge in [-0.05, 0) is 115 Å². The van der Waals surface area contributed by atoms with Gasteiger partial charge in [-0.1, -0.05) is 30.8 Å². The van der Waals surface area contributed by atoms with Gasteiger partial charge in [-0.15, -0.1) is 0 Å². The molecule has 0 aromatic heterocycles. The van der Waals surface area contributed by atoms with Gasteiger partial charge in [0.25, 0.3) is 0 Å². The molecule has 9 heteroatoms. The number of esters is 1. The van der Waals surface area contributed by atoms with E-state index in [9.17, 15) is 4.79 Å². The minimum atomic E-state index is -0.394. The van der Waals surface area contributed by atoms with Crippen LogP contribution in [0.1, 0.15) is 22.6 Å². The van der Waals surface area contributed by atoms with E-state index in [0.717, 1.165) is 80.2 Å². The van der Waals surface area contributed by atoms with E-state index in [1.807, 2.05) is 12.1 Å². The van der Waals surface area contributed by atoms with E-state index in [-0.39, 0.29) is 5.92 Å². The Labute approximate surface area is 290 Å². The van der Waals surface area contributed by atoms with Crippen LogP contribution < -0.4 is 18.9 Å². The molecule has 0 amide bonds. The summed E-state index contributed by atoms with van der Waals surface area (Å²) in [7, 11) is 9.69. The van der Waals surface area contributed by atoms with E-state index in [4.69, 9.17) is 18.9 Å². The molecule has 234 valence electrons. The monoisotopic (exact) mass is 832 g/mol. The highest BCUT2D eigenvalue weighted by Gasteiger charge is 2.35. The van der Waals surface area contributed by atoms with E-state index in [2.05, 4.69) is 122 Å². The van der Waals surface area contributed by atoms with Gasteiger partial charge < -0.3 is 28.4 Å². The van der Waals surface area contributed by atoms with Crippen LogP contribution in [0.2, 0.25) is 0 Å². The topological polar surface area (TPSA) is 72.5 Å². The standard InChI is InChI=1S/C30H22I2O4.C4H6O2.C2H6O/c1-33-19-8-4-16-6-10-25(35-3)27(21(16)14-19)29-23-12-18(31)13-24(32)30(23)36-26-11-7-17-5-9-20(34-2)15-22(17)28(26)29;1-3-4(5)6-2;1-3-2/h4-15,29H,1-3H3;3H,1H2,2H3;1-2H3. The van der Waals surface area contributed by atoms with Crippen molar-refractivity contribution in [2.24, 2.45) is 0 Å². The lowest BCUT2D eigenvalue weighted by Crippen LogP contribution is -2.15. The van der Waals surface area contributed by atoms with Crippen molar-refractivity contribution in [3.8, 4) is 28.7 Å². The van der Waals surface area contributed by atoms with Crippen molar-refractivity contribution in [2.45, 2.75) is 5.92 Å². The Hall–Kier alpha value is -3.55. The first-order valence-corrected chi connectivity index (χ1v) is 15.9. The molecule has 45 heavy (non-hydrogen) atoms. The van der Waals surface area contributed by atoms with Crippen molar-refractivity contribution < 1.29 is 33.2 Å². The molecule has 0 fully saturated rings. The number of hydrogen-bond acceptors (Lipinski definition) is 7. The highest BCUT2D eigenvalue weighted by atomic mass is 127. The number of carbonyl (C=O) groups excluding carboxylic acids is 1. The Morgan fingerprint density at radius 3 is 1.82 bits per heavy atom. The van der Waals surface area contributed by atoms with Gasteiger partial charge in [0.15, 0.2) is 0 Å². The molecule has 0 aliphatic carbocycles. The van der Waals surface area contributed by atoms with Crippen molar-refractivity contribution in [1.29, 1.82) is 0 Å². The number of ether oxygens (including phenoxy) is 6. The van der Waals surface area contributed by atoms with Crippen LogP contribution in [0, 0.1) is 7.14 Å². The van der Waals surface area contributed by atoms with E-state index < -0.39 is 5.97 Å². The number of halogens is 2. The lowest BCUT2D eigenvalue weighted by Gasteiger charge is -2.32. The summed E-state index contributed by atoms with van der Waals surface area (Å²) in [6, 6.07) is 25.1. The molecule has 1 aliphatic heterocycles. The molecule has 0 N–H and O–H groups in total. The van der Waals surface area contributed by atoms with Crippen LogP contribution in [-0.2, 0) is 14.3 Å². The third-order valence-corrected chi connectivity index (χ3v) is 8.61. The van der Waals surface area contributed by atoms with Crippen LogP contribution in [0.3, 0.4) is 0 Å². The van der Waals surface area contributed by atoms with Gasteiger partial charge in [-0.2, -0.15) is 0 Å². The molecular formula is C36H34I2O7. The highest BCUT2D eigenvalue weighted by Crippen LogP contribution is 2.55. The van der Waals surface area contributed by atoms with Crippen molar-refractivity contribution in [3.05, 3.63) is 109 Å². The molecule has 1 atom stereocenters. The molecule has 0 radical (unpaired) electrons. The zero-order valence-electron chi connectivity index (χ0n) is 25.9. The molecule has 0 bridgehead atoms. The summed E-state index contributed by atoms with van der Waals surface area (Å²) in [5.74, 6) is 3.65. The molecular weight excluding hydrogens is 798 g/mol. The minimum Gasteiger partial charge on any atom is -0.497 e. The normalized spacial score (nSPS) is 12.7. The van der Waals surface area contributed by atoms with Gasteiger partial charge >= 0.3 is 5.97 Å². The van der Waals surface area contributed by atoms with Gasteiger partial charge in [-0.3, -0.25) is 0 Å². The second kappa shape index (κ2) is 15.6. The number of benzene rings is 5. The van der Waals surface area contributed by atoms with Gasteiger partial charge in [-0.25, -0.2) is 4.79 Å². The number of methoxy groups -OCH3 is 5. The fourth-order valence-corrected chi connectivity index (χ4v) is 7.27. The largest absolute Gasteiger partial charge is 0.497 e. The zero-order valence-corrected chi connectivity index (χ0v) is 30.2. The predicted octanol–water partition coefficient (Wildman–Crippen LogP) is 9.12. The first-order valence-electron chi connectivity index (χ1n) is 13.8. The third-order valence-electron chi connectivity index (χ3n) is 7.19. The molecule has 5 aromatic carbocycles. The van der Waals surface area contributed by atoms with E-state index in [0.29, 0.717) is 0 Å². The van der Waals surface area contributed by atoms with E-state index in [1.54, 1.807) is 35.5 Å². The first kappa shape index (κ1) is 34.3. The summed E-state index contributed by atoms with van der Waals surface area (Å²) in [4.78, 5) is 9.84. The fourth-order valence-electron chi connectivity index (χ4n) is 5.27. The fraction of sp³-hybridized carbons (Fsp3) is 0.194. The average molecular weight is 832 g/mol. The molecule has 5 aromatic rings. The van der Waals surface area contributed by atoms with Crippen LogP contribution >= 0.6 is 45.2 Å². The molecule has 0 saturated heterocycles. The molecule has 1 aliphatic rings. The minimum absolute atomic E-state index is 0.131. The SMILES string of the molecule is C=CC(=O)OC.COC.COc1ccc2ccc(OC)c(C3c4cc(I)cc(I)c4Oc4ccc5ccc(OC)cc5c43)c2c1. The molecule has 0 saturated carbocycles. The Bertz CT molecular complexity index is 1850. The van der Waals surface area contributed by atoms with Crippen molar-refractivity contribution >= 4 is 72.7 Å². The Kier molecular flexibility index (Phi) is 11.9. The van der Waals surface area contributed by atoms with Gasteiger partial charge in [0, 0.05) is 46.5 Å². The van der Waals surface area contributed by atoms with Crippen molar-refractivity contribution in [2.75, 3.05) is 42.7 Å². The number of hydrogen-bond donors (Lipinski definition) is 0. The van der Waals surface area contributed by atoms with E-state index >= 15 is 0 Å². The summed E-state index contributed by atoms with van der Waals surface area (Å²) in [6.45, 7) is 3.16. The molecule has 7 nitrogen and oxygen atoms in total. The molecule has 0 spiro atoms. The Morgan fingerprint density at radius 2 is 1.31 bits per heavy atom. The van der Waals surface area contributed by atoms with E-state index in [1.165, 1.54) is 7.11 Å². The predicted molar refractivity (Wildman–Crippen MR) is 196 cm³/mol. The summed E-state index contributed by atoms with van der Waals surface area (Å²) < 4.78 is 34.5. The third kappa shape index (κ3) is 7.31. The summed E-state index contributed by atoms with van der Waals surface area (Å²) >= 11 is 4.76. The summed E-state index contributed by atoms with van der Waals surface area (Å²) in [6.07, 6.45) is 1.11. The quantitative estimate of drug-likeness (QED) is 0.0976. The Balaban J connectivity index is 0.000000454. The maximum absolute atomic E-state index is 9.84. The second-order valence-corrected chi connectivity index (χ2v) is 12.2. The zero-order chi connectivity index (χ0) is 32.7. The van der Waals surface area contributed by atoms with Crippen LogP contribution in [0.4, 0.5) is 0 Å². The maximum Gasteiger partial charge on any atom is 0.329 e. The number of carbonyl (C=O) groups is 1. The summed E-state index contributed by atoms with van der Waals surface area (Å²) in [5, 5.41) is 4.44. The first-order chi connectivity index (χ1) is 21.7. The van der Waals surface area contributed by atoms with Crippen LogP contribution in [0.5, 0.6) is 28.7 Å². The smallest absolute Gasteiger partial charge is 0.329 e. The summed E-state index contributed by atoms with van der Waals surface area (Å²) in [5.41, 5.74) is 3.31. The number of fused-ring (bicyclic) bond motifs is 5. The van der Waals surface area contributed by atoms with Gasteiger partial charge in [0.2, 0.25) is 0 Å². The molecule has 1 unspecified atom stereocenters. The lowest BCUT2D eigenvalue weighted by molar-refractivity contribution is -0.134. The Morgan fingerprint density at radius 1 is 0.756 bits per heavy atom. The average Bonchev–Trinajstić information content (AvgIpc) is 3.06. The highest BCUT2D eigenvalue weighted by molar-refractivity contribution is 14.1. The van der Waals surface area contributed by atoms with Crippen molar-refractivity contribution in [1.82, 2.24) is 0 Å². The van der Waals surface area contributed by atoms with Crippen LogP contribution in [0.15, 0.2) is 85.5 Å². The van der Waals surface area contributed by atoms with Gasteiger partial charge in [0.05, 0.1) is 32.0 Å². The second-order valence-electron chi connectivity index (χ2n) is 9.81.